The van der Waals surface area contributed by atoms with E-state index in [1.54, 1.807) is 11.3 Å². The minimum Gasteiger partial charge on any atom is -0.389 e. The van der Waals surface area contributed by atoms with Gasteiger partial charge in [-0.2, -0.15) is 0 Å². The van der Waals surface area contributed by atoms with Gasteiger partial charge < -0.3 is 11.1 Å². The number of hydrogen-bond donors (Lipinski definition) is 2. The van der Waals surface area contributed by atoms with Gasteiger partial charge in [-0.15, -0.1) is 11.3 Å². The molecule has 3 N–H and O–H groups in total. The van der Waals surface area contributed by atoms with Crippen LogP contribution in [0, 0.1) is 13.8 Å². The third-order valence-electron chi connectivity index (χ3n) is 2.71. The topological polar surface area (TPSA) is 63.8 Å². The molecule has 0 aliphatic heterocycles. The highest BCUT2D eigenvalue weighted by molar-refractivity contribution is 7.80. The van der Waals surface area contributed by atoms with Crippen molar-refractivity contribution in [3.05, 3.63) is 39.5 Å². The quantitative estimate of drug-likeness (QED) is 0.829. The summed E-state index contributed by atoms with van der Waals surface area (Å²) in [5, 5.41) is 6.38. The first-order valence-electron chi connectivity index (χ1n) is 5.98. The van der Waals surface area contributed by atoms with Gasteiger partial charge in [-0.1, -0.05) is 12.2 Å². The molecule has 19 heavy (non-hydrogen) atoms. The number of thiazole rings is 1. The smallest absolute Gasteiger partial charge is 0.136 e. The largest absolute Gasteiger partial charge is 0.389 e. The fourth-order valence-electron chi connectivity index (χ4n) is 1.94. The molecule has 0 bridgehead atoms. The van der Waals surface area contributed by atoms with E-state index in [2.05, 4.69) is 15.3 Å². The molecule has 0 saturated carbocycles. The zero-order valence-corrected chi connectivity index (χ0v) is 12.6. The van der Waals surface area contributed by atoms with Crippen LogP contribution in [-0.4, -0.2) is 21.5 Å². The number of hydrogen-bond acceptors (Lipinski definition) is 5. The Morgan fingerprint density at radius 3 is 2.89 bits per heavy atom. The summed E-state index contributed by atoms with van der Waals surface area (Å²) in [7, 11) is 0. The first-order valence-corrected chi connectivity index (χ1v) is 7.27. The van der Waals surface area contributed by atoms with Crippen molar-refractivity contribution in [2.45, 2.75) is 20.3 Å². The lowest BCUT2D eigenvalue weighted by molar-refractivity contribution is 0.981. The highest BCUT2D eigenvalue weighted by Gasteiger charge is 2.11. The van der Waals surface area contributed by atoms with E-state index in [1.807, 2.05) is 31.5 Å². The van der Waals surface area contributed by atoms with Gasteiger partial charge in [-0.3, -0.25) is 0 Å². The van der Waals surface area contributed by atoms with Crippen LogP contribution in [0.5, 0.6) is 0 Å². The van der Waals surface area contributed by atoms with Crippen LogP contribution in [0.25, 0.3) is 0 Å². The lowest BCUT2D eigenvalue weighted by atomic mass is 10.1. The average Bonchev–Trinajstić information content (AvgIpc) is 2.80. The Labute approximate surface area is 122 Å². The predicted octanol–water partition coefficient (Wildman–Crippen LogP) is 2.44. The standard InChI is InChI=1S/C13H16N4S2/c1-8-7-9(2)17-13(11(8)12(14)18)16-4-3-10-15-5-6-19-10/h5-7H,3-4H2,1-2H3,(H2,14,18)(H,16,17). The number of rotatable bonds is 5. The zero-order valence-electron chi connectivity index (χ0n) is 10.9. The van der Waals surface area contributed by atoms with Gasteiger partial charge >= 0.3 is 0 Å². The highest BCUT2D eigenvalue weighted by atomic mass is 32.1. The fraction of sp³-hybridized carbons (Fsp3) is 0.308. The molecule has 0 spiro atoms. The van der Waals surface area contributed by atoms with Crippen molar-refractivity contribution in [3.8, 4) is 0 Å². The first-order chi connectivity index (χ1) is 9.08. The molecule has 4 nitrogen and oxygen atoms in total. The van der Waals surface area contributed by atoms with Crippen molar-refractivity contribution >= 4 is 34.4 Å². The van der Waals surface area contributed by atoms with Gasteiger partial charge in [0, 0.05) is 30.2 Å². The molecule has 0 saturated heterocycles. The number of anilines is 1. The minimum atomic E-state index is 0.377. The van der Waals surface area contributed by atoms with Crippen molar-refractivity contribution in [2.24, 2.45) is 5.73 Å². The molecule has 0 amide bonds. The maximum atomic E-state index is 5.77. The van der Waals surface area contributed by atoms with Crippen molar-refractivity contribution in [1.82, 2.24) is 9.97 Å². The van der Waals surface area contributed by atoms with Crippen LogP contribution in [0.15, 0.2) is 17.6 Å². The van der Waals surface area contributed by atoms with Gasteiger partial charge in [0.25, 0.3) is 0 Å². The third kappa shape index (κ3) is 3.48. The molecule has 0 aliphatic rings. The normalized spacial score (nSPS) is 10.4. The lowest BCUT2D eigenvalue weighted by Crippen LogP contribution is -2.17. The van der Waals surface area contributed by atoms with Gasteiger partial charge in [0.2, 0.25) is 0 Å². The third-order valence-corrected chi connectivity index (χ3v) is 3.75. The molecule has 0 radical (unpaired) electrons. The van der Waals surface area contributed by atoms with E-state index < -0.39 is 0 Å². The minimum absolute atomic E-state index is 0.377. The molecule has 2 rings (SSSR count). The second-order valence-electron chi connectivity index (χ2n) is 4.27. The molecular formula is C13H16N4S2. The van der Waals surface area contributed by atoms with Gasteiger partial charge in [-0.25, -0.2) is 9.97 Å². The maximum absolute atomic E-state index is 5.77. The summed E-state index contributed by atoms with van der Waals surface area (Å²) in [6.07, 6.45) is 2.68. The second kappa shape index (κ2) is 6.08. The van der Waals surface area contributed by atoms with Crippen LogP contribution in [0.1, 0.15) is 21.8 Å². The molecule has 100 valence electrons. The fourth-order valence-corrected chi connectivity index (χ4v) is 2.82. The number of pyridine rings is 1. The SMILES string of the molecule is Cc1cc(C)c(C(N)=S)c(NCCc2nccs2)n1. The van der Waals surface area contributed by atoms with E-state index >= 15 is 0 Å². The molecule has 2 heterocycles. The lowest BCUT2D eigenvalue weighted by Gasteiger charge is -2.13. The number of thiocarbonyl (C=S) groups is 1. The van der Waals surface area contributed by atoms with E-state index in [0.717, 1.165) is 40.6 Å². The molecule has 6 heteroatoms. The summed E-state index contributed by atoms with van der Waals surface area (Å²) in [5.41, 5.74) is 8.61. The van der Waals surface area contributed by atoms with E-state index in [9.17, 15) is 0 Å². The van der Waals surface area contributed by atoms with E-state index in [1.165, 1.54) is 0 Å². The van der Waals surface area contributed by atoms with Crippen molar-refractivity contribution < 1.29 is 0 Å². The number of nitrogens with two attached hydrogens (primary N) is 1. The van der Waals surface area contributed by atoms with E-state index in [-0.39, 0.29) is 0 Å². The Morgan fingerprint density at radius 1 is 1.47 bits per heavy atom. The van der Waals surface area contributed by atoms with Gasteiger partial charge in [0.1, 0.15) is 10.8 Å². The van der Waals surface area contributed by atoms with Crippen LogP contribution in [-0.2, 0) is 6.42 Å². The van der Waals surface area contributed by atoms with Crippen LogP contribution in [0.4, 0.5) is 5.82 Å². The van der Waals surface area contributed by atoms with Gasteiger partial charge in [0.15, 0.2) is 0 Å². The predicted molar refractivity (Wildman–Crippen MR) is 83.9 cm³/mol. The molecular weight excluding hydrogens is 276 g/mol. The summed E-state index contributed by atoms with van der Waals surface area (Å²) in [6, 6.07) is 1.99. The van der Waals surface area contributed by atoms with Crippen LogP contribution in [0.2, 0.25) is 0 Å². The zero-order chi connectivity index (χ0) is 13.8. The summed E-state index contributed by atoms with van der Waals surface area (Å²) < 4.78 is 0. The number of nitrogens with zero attached hydrogens (tertiary/aromatic N) is 2. The van der Waals surface area contributed by atoms with Crippen molar-refractivity contribution in [1.29, 1.82) is 0 Å². The Balaban J connectivity index is 2.12. The van der Waals surface area contributed by atoms with E-state index in [4.69, 9.17) is 18.0 Å². The number of nitrogens with one attached hydrogen (secondary N) is 1. The van der Waals surface area contributed by atoms with Gasteiger partial charge in [0.05, 0.1) is 10.6 Å². The Hall–Kier alpha value is -1.53. The molecule has 2 aromatic rings. The Bertz CT molecular complexity index is 579. The molecule has 0 atom stereocenters. The average molecular weight is 292 g/mol. The van der Waals surface area contributed by atoms with Crippen LogP contribution >= 0.6 is 23.6 Å². The monoisotopic (exact) mass is 292 g/mol. The molecule has 0 aromatic carbocycles. The van der Waals surface area contributed by atoms with Crippen molar-refractivity contribution in [3.63, 3.8) is 0 Å². The van der Waals surface area contributed by atoms with E-state index in [0.29, 0.717) is 4.99 Å². The summed E-state index contributed by atoms with van der Waals surface area (Å²) >= 11 is 6.75. The van der Waals surface area contributed by atoms with Crippen molar-refractivity contribution in [2.75, 3.05) is 11.9 Å². The second-order valence-corrected chi connectivity index (χ2v) is 5.69. The number of aromatic nitrogens is 2. The first kappa shape index (κ1) is 13.9. The molecule has 2 aromatic heterocycles. The number of aryl methyl sites for hydroxylation is 2. The Morgan fingerprint density at radius 2 is 2.26 bits per heavy atom. The highest BCUT2D eigenvalue weighted by Crippen LogP contribution is 2.18. The molecule has 0 aliphatic carbocycles. The summed E-state index contributed by atoms with van der Waals surface area (Å²) in [5.74, 6) is 0.765. The van der Waals surface area contributed by atoms with Gasteiger partial charge in [-0.05, 0) is 25.5 Å². The molecule has 0 fully saturated rings. The molecule has 0 unspecified atom stereocenters. The Kier molecular flexibility index (Phi) is 4.44. The van der Waals surface area contributed by atoms with Crippen LogP contribution < -0.4 is 11.1 Å². The van der Waals surface area contributed by atoms with Crippen LogP contribution in [0.3, 0.4) is 0 Å². The summed E-state index contributed by atoms with van der Waals surface area (Å²) in [6.45, 7) is 4.72. The maximum Gasteiger partial charge on any atom is 0.136 e. The summed E-state index contributed by atoms with van der Waals surface area (Å²) in [4.78, 5) is 9.10.